The van der Waals surface area contributed by atoms with Crippen LogP contribution in [0.5, 0.6) is 34.5 Å². The van der Waals surface area contributed by atoms with Crippen LogP contribution in [0, 0.1) is 41.5 Å². The van der Waals surface area contributed by atoms with E-state index < -0.39 is 0 Å². The van der Waals surface area contributed by atoms with Gasteiger partial charge in [-0.3, -0.25) is 0 Å². The molecule has 15 aromatic carbocycles. The summed E-state index contributed by atoms with van der Waals surface area (Å²) in [5.74, 6) is 4.84. The number of fused-ring (bicyclic) bond motifs is 21. The van der Waals surface area contributed by atoms with Crippen LogP contribution in [-0.2, 0) is 16.2 Å². The second-order valence-corrected chi connectivity index (χ2v) is 37.8. The number of ether oxygens (including phenoxy) is 3. The molecule has 120 heavy (non-hydrogen) atoms. The van der Waals surface area contributed by atoms with Crippen molar-refractivity contribution in [1.29, 1.82) is 0 Å². The number of aryl methyl sites for hydroxylation is 6. The Bertz CT molecular complexity index is 7640. The Balaban J connectivity index is 0.780. The number of hydrogen-bond acceptors (Lipinski definition) is 9. The minimum Gasteiger partial charge on any atom is -0.458 e. The summed E-state index contributed by atoms with van der Waals surface area (Å²) >= 11 is 0. The van der Waals surface area contributed by atoms with Crippen molar-refractivity contribution in [3.05, 3.63) is 293 Å². The molecule has 9 heterocycles. The molecule has 0 atom stereocenters. The van der Waals surface area contributed by atoms with Crippen LogP contribution in [0.15, 0.2) is 256 Å². The maximum atomic E-state index is 8.13. The first kappa shape index (κ1) is 70.9. The molecule has 6 aliphatic heterocycles. The fraction of sp³-hybridized carbons (Fsp3) is 0.167. The number of anilines is 8. The molecular formula is C108H86B3N3O6. The number of furan rings is 3. The molecule has 0 saturated carbocycles. The predicted octanol–water partition coefficient (Wildman–Crippen LogP) is 23.6. The zero-order chi connectivity index (χ0) is 81.5. The first-order valence-corrected chi connectivity index (χ1v) is 42.3. The molecule has 0 amide bonds. The highest BCUT2D eigenvalue weighted by Gasteiger charge is 2.50. The van der Waals surface area contributed by atoms with Gasteiger partial charge in [-0.2, -0.15) is 0 Å². The van der Waals surface area contributed by atoms with Crippen molar-refractivity contribution in [2.24, 2.45) is 0 Å². The quantitative estimate of drug-likeness (QED) is 0.169. The first-order chi connectivity index (χ1) is 57.8. The third-order valence-electron chi connectivity index (χ3n) is 26.9. The molecule has 24 rings (SSSR count). The molecule has 0 unspecified atom stereocenters. The molecule has 18 aromatic rings. The van der Waals surface area contributed by atoms with E-state index in [0.29, 0.717) is 0 Å². The van der Waals surface area contributed by atoms with Crippen molar-refractivity contribution < 1.29 is 27.5 Å². The van der Waals surface area contributed by atoms with Crippen LogP contribution in [0.3, 0.4) is 0 Å². The standard InChI is InChI=1S/C108H86B3N3O6/c1-56-42-58(3)98(59(4)43-56)113-85-54-83-79(109-77-38-16-18-40-89(77)115-92-49-62(46-84(112-83)95(92)109)65-26-20-29-68-71-32-23-35-74(106(7,8)9)103(71)118-100(65)68)52-80(85)111-82-53-81-86(55-91(82)117-94-51-64(48-88(113)97(94)111)67-28-22-31-70-73-34-25-37-76(108(13,14)15)105(73)120-102(67)70)114(99-60(5)44-57(2)45-61(99)6)87-47-63(50-93-96(87)110(81)78-39-17-19-41-90(78)116-93)66-27-21-30-69-72-33-24-36-75(107(10,11)12)104(72)119-101(66)69/h16-55,112H,1-15H3. The van der Waals surface area contributed by atoms with E-state index in [1.165, 1.54) is 27.8 Å². The summed E-state index contributed by atoms with van der Waals surface area (Å²) in [4.78, 5) is 5.13. The van der Waals surface area contributed by atoms with Crippen LogP contribution in [-0.4, -0.2) is 20.1 Å². The fourth-order valence-electron chi connectivity index (χ4n) is 21.9. The second-order valence-electron chi connectivity index (χ2n) is 37.8. The number of para-hydroxylation sites is 8. The molecule has 578 valence electrons. The monoisotopic (exact) mass is 1550 g/mol. The maximum absolute atomic E-state index is 8.13. The molecule has 0 radical (unpaired) electrons. The van der Waals surface area contributed by atoms with Gasteiger partial charge in [-0.25, -0.2) is 0 Å². The Morgan fingerprint density at radius 3 is 1.04 bits per heavy atom. The average Bonchev–Trinajstić information content (AvgIpc) is 0.830. The van der Waals surface area contributed by atoms with E-state index >= 15 is 0 Å². The predicted molar refractivity (Wildman–Crippen MR) is 502 cm³/mol. The Morgan fingerprint density at radius 1 is 0.267 bits per heavy atom. The van der Waals surface area contributed by atoms with E-state index in [-0.39, 0.29) is 36.4 Å². The van der Waals surface area contributed by atoms with Crippen molar-refractivity contribution >= 4 is 181 Å². The molecule has 1 N–H and O–H groups in total. The first-order valence-electron chi connectivity index (χ1n) is 42.3. The third-order valence-corrected chi connectivity index (χ3v) is 26.9. The van der Waals surface area contributed by atoms with E-state index in [4.69, 9.17) is 27.5 Å². The van der Waals surface area contributed by atoms with Gasteiger partial charge < -0.3 is 42.6 Å². The summed E-state index contributed by atoms with van der Waals surface area (Å²) in [5.41, 5.74) is 39.8. The van der Waals surface area contributed by atoms with Gasteiger partial charge in [0.05, 0.1) is 11.4 Å². The van der Waals surface area contributed by atoms with Crippen LogP contribution in [0.2, 0.25) is 0 Å². The van der Waals surface area contributed by atoms with Gasteiger partial charge in [-0.15, -0.1) is 0 Å². The van der Waals surface area contributed by atoms with Gasteiger partial charge in [0.1, 0.15) is 68.0 Å². The molecule has 12 heteroatoms. The summed E-state index contributed by atoms with van der Waals surface area (Å²) in [6, 6.07) is 90.4. The third kappa shape index (κ3) is 10.0. The van der Waals surface area contributed by atoms with Crippen molar-refractivity contribution in [1.82, 2.24) is 0 Å². The van der Waals surface area contributed by atoms with Crippen LogP contribution < -0.4 is 78.5 Å². The molecule has 3 aromatic heterocycles. The van der Waals surface area contributed by atoms with Crippen molar-refractivity contribution in [3.63, 3.8) is 0 Å². The minimum atomic E-state index is -0.379. The summed E-state index contributed by atoms with van der Waals surface area (Å²) in [7, 11) is 0. The zero-order valence-corrected chi connectivity index (χ0v) is 70.2. The second kappa shape index (κ2) is 24.7. The van der Waals surface area contributed by atoms with E-state index in [0.717, 1.165) is 251 Å². The van der Waals surface area contributed by atoms with Crippen molar-refractivity contribution in [3.8, 4) is 67.9 Å². The molecule has 0 bridgehead atoms. The highest BCUT2D eigenvalue weighted by atomic mass is 16.5. The van der Waals surface area contributed by atoms with Gasteiger partial charge in [0.15, 0.2) is 0 Å². The van der Waals surface area contributed by atoms with Gasteiger partial charge in [0, 0.05) is 106 Å². The van der Waals surface area contributed by atoms with Crippen LogP contribution in [0.25, 0.3) is 99.2 Å². The normalized spacial score (nSPS) is 14.0. The Kier molecular flexibility index (Phi) is 14.6. The SMILES string of the molecule is Cc1cc(C)c(N2c3cc4c(cc3B3c5cc6c(cc5Oc5cc(-c7cccc8c7oc7c(C(C)(C)C)cccc78)cc2c53)N(c2c(C)cc(C)cc2C)c2cc(-c3cccc5c3oc3c(C(C)(C)C)cccc35)cc3c2B6c2ccccc2O3)B2c3ccccc3Oc3cc(-c5cccc6c5oc5c(C(C)(C)C)cccc56)cc(c32)N4)c(C)c1. The number of rotatable bonds is 5. The van der Waals surface area contributed by atoms with Gasteiger partial charge in [-0.05, 0) is 200 Å². The molecular weight excluding hydrogens is 1470 g/mol. The highest BCUT2D eigenvalue weighted by molar-refractivity contribution is 7.03. The number of nitrogens with one attached hydrogen (secondary N) is 1. The van der Waals surface area contributed by atoms with Gasteiger partial charge in [0.2, 0.25) is 0 Å². The van der Waals surface area contributed by atoms with Gasteiger partial charge in [0.25, 0.3) is 20.1 Å². The van der Waals surface area contributed by atoms with Gasteiger partial charge in [-0.1, -0.05) is 255 Å². The molecule has 9 nitrogen and oxygen atoms in total. The number of hydrogen-bond donors (Lipinski definition) is 1. The summed E-state index contributed by atoms with van der Waals surface area (Å²) in [5, 5.41) is 10.8. The van der Waals surface area contributed by atoms with Crippen LogP contribution in [0.4, 0.5) is 45.5 Å². The smallest absolute Gasteiger partial charge is 0.256 e. The zero-order valence-electron chi connectivity index (χ0n) is 70.2. The lowest BCUT2D eigenvalue weighted by molar-refractivity contribution is 0.487. The van der Waals surface area contributed by atoms with E-state index in [2.05, 4.69) is 362 Å². The lowest BCUT2D eigenvalue weighted by atomic mass is 9.29. The Hall–Kier alpha value is -13.3. The van der Waals surface area contributed by atoms with Crippen LogP contribution >= 0.6 is 0 Å². The number of nitrogens with zero attached hydrogens (tertiary/aromatic N) is 2. The fourth-order valence-corrected chi connectivity index (χ4v) is 21.9. The van der Waals surface area contributed by atoms with Gasteiger partial charge >= 0.3 is 0 Å². The lowest BCUT2D eigenvalue weighted by Gasteiger charge is -2.44. The summed E-state index contributed by atoms with van der Waals surface area (Å²) in [6.07, 6.45) is 0. The van der Waals surface area contributed by atoms with Crippen molar-refractivity contribution in [2.75, 3.05) is 15.1 Å². The highest BCUT2D eigenvalue weighted by Crippen LogP contribution is 2.54. The summed E-state index contributed by atoms with van der Waals surface area (Å²) < 4.78 is 44.7. The van der Waals surface area contributed by atoms with E-state index in [9.17, 15) is 0 Å². The summed E-state index contributed by atoms with van der Waals surface area (Å²) in [6.45, 7) is 33.0. The van der Waals surface area contributed by atoms with Crippen molar-refractivity contribution in [2.45, 2.75) is 120 Å². The molecule has 0 spiro atoms. The topological polar surface area (TPSA) is 85.6 Å². The Labute approximate surface area is 699 Å². The average molecular weight is 1550 g/mol. The Morgan fingerprint density at radius 2 is 0.617 bits per heavy atom. The molecule has 0 aliphatic carbocycles. The minimum absolute atomic E-state index is 0.139. The molecule has 0 saturated heterocycles. The maximum Gasteiger partial charge on any atom is 0.256 e. The van der Waals surface area contributed by atoms with E-state index in [1.54, 1.807) is 0 Å². The van der Waals surface area contributed by atoms with E-state index in [1.807, 2.05) is 0 Å². The molecule has 6 aliphatic rings. The molecule has 0 fully saturated rings. The largest absolute Gasteiger partial charge is 0.458 e. The lowest BCUT2D eigenvalue weighted by Crippen LogP contribution is -2.65. The number of benzene rings is 15. The van der Waals surface area contributed by atoms with Crippen LogP contribution in [0.1, 0.15) is 112 Å².